The van der Waals surface area contributed by atoms with E-state index in [9.17, 15) is 28.8 Å². The highest BCUT2D eigenvalue weighted by Gasteiger charge is 2.24. The van der Waals surface area contributed by atoms with Gasteiger partial charge in [-0.25, -0.2) is 4.79 Å². The molecule has 15 heteroatoms. The molecule has 4 aromatic rings. The molecule has 15 nitrogen and oxygen atoms in total. The molecule has 0 spiro atoms. The fourth-order valence-electron chi connectivity index (χ4n) is 6.13. The van der Waals surface area contributed by atoms with Gasteiger partial charge >= 0.3 is 6.09 Å². The Balaban J connectivity index is 0.000000267. The number of hydrogen-bond acceptors (Lipinski definition) is 10. The second kappa shape index (κ2) is 17.7. The van der Waals surface area contributed by atoms with Gasteiger partial charge in [-0.05, 0) is 57.9 Å². The van der Waals surface area contributed by atoms with Crippen molar-refractivity contribution in [2.45, 2.75) is 58.3 Å². The highest BCUT2D eigenvalue weighted by Crippen LogP contribution is 2.24. The van der Waals surface area contributed by atoms with E-state index >= 15 is 0 Å². The van der Waals surface area contributed by atoms with Crippen LogP contribution in [0.2, 0.25) is 0 Å². The summed E-state index contributed by atoms with van der Waals surface area (Å²) in [6.07, 6.45) is 1.89. The topological polar surface area (TPSA) is 179 Å². The summed E-state index contributed by atoms with van der Waals surface area (Å²) in [7, 11) is 6.12. The molecule has 0 aliphatic carbocycles. The van der Waals surface area contributed by atoms with Crippen LogP contribution in [0.25, 0.3) is 21.8 Å². The summed E-state index contributed by atoms with van der Waals surface area (Å²) in [5, 5.41) is 9.33. The van der Waals surface area contributed by atoms with Crippen molar-refractivity contribution < 1.29 is 33.4 Å². The third kappa shape index (κ3) is 10.0. The fraction of sp³-hybridized carbons (Fsp3) is 0.421. The smallest absolute Gasteiger partial charge is 0.407 e. The third-order valence-electron chi connectivity index (χ3n) is 8.79. The van der Waals surface area contributed by atoms with Gasteiger partial charge in [0.15, 0.2) is 0 Å². The van der Waals surface area contributed by atoms with Crippen LogP contribution in [0.15, 0.2) is 58.1 Å². The van der Waals surface area contributed by atoms with Crippen LogP contribution in [0.1, 0.15) is 54.3 Å². The molecule has 2 aromatic heterocycles. The average Bonchev–Trinajstić information content (AvgIpc) is 3.14. The van der Waals surface area contributed by atoms with Crippen molar-refractivity contribution in [3.05, 3.63) is 80.4 Å². The normalized spacial score (nSPS) is 13.4. The molecule has 1 aliphatic heterocycles. The molecule has 0 radical (unpaired) electrons. The molecule has 3 amide bonds. The summed E-state index contributed by atoms with van der Waals surface area (Å²) in [5.74, 6) is 0.522. The van der Waals surface area contributed by atoms with Gasteiger partial charge in [0.05, 0.1) is 42.9 Å². The molecule has 0 unspecified atom stereocenters. The van der Waals surface area contributed by atoms with E-state index in [-0.39, 0.29) is 41.6 Å². The molecule has 0 atom stereocenters. The molecule has 0 bridgehead atoms. The van der Waals surface area contributed by atoms with Crippen molar-refractivity contribution in [2.75, 3.05) is 47.9 Å². The van der Waals surface area contributed by atoms with Crippen LogP contribution in [0.3, 0.4) is 0 Å². The maximum Gasteiger partial charge on any atom is 0.407 e. The summed E-state index contributed by atoms with van der Waals surface area (Å²) in [6.45, 7) is 8.26. The number of aromatic nitrogens is 2. The van der Waals surface area contributed by atoms with Gasteiger partial charge in [0.25, 0.3) is 22.9 Å². The first-order valence-electron chi connectivity index (χ1n) is 17.3. The van der Waals surface area contributed by atoms with Crippen molar-refractivity contribution in [1.29, 1.82) is 0 Å². The largest absolute Gasteiger partial charge is 0.497 e. The lowest BCUT2D eigenvalue weighted by atomic mass is 10.1. The van der Waals surface area contributed by atoms with Crippen LogP contribution < -0.4 is 36.5 Å². The van der Waals surface area contributed by atoms with Crippen LogP contribution in [-0.4, -0.2) is 97.8 Å². The Hall–Kier alpha value is -5.70. The molecule has 0 saturated carbocycles. The van der Waals surface area contributed by atoms with Gasteiger partial charge in [-0.2, -0.15) is 0 Å². The standard InChI is InChI=1S/C24H34N4O5.C14H14N2O4/c1-24(2,3)33-23(31)26-16-8-10-27(11-9-16)12-13-28-20-14-17(32-5)6-7-18(20)19(15-21(28)29)22(30)25-4;1-15-14(19)11-8-13(18)16(5-6-17)12-7-9(20-2)3-4-10(11)12/h6-7,14-16H,8-13H2,1-5H3,(H,25,30)(H,26,31);3-4,6-8H,5H2,1-2H3,(H,15,19). The molecule has 5 rings (SSSR count). The molecule has 3 N–H and O–H groups in total. The lowest BCUT2D eigenvalue weighted by molar-refractivity contribution is -0.108. The Kier molecular flexibility index (Phi) is 13.4. The van der Waals surface area contributed by atoms with Gasteiger partial charge < -0.3 is 49.0 Å². The number of rotatable bonds is 10. The quantitative estimate of drug-likeness (QED) is 0.205. The number of hydrogen-bond donors (Lipinski definition) is 3. The van der Waals surface area contributed by atoms with Crippen molar-refractivity contribution >= 4 is 46.0 Å². The molecule has 3 heterocycles. The molecular weight excluding hydrogens is 684 g/mol. The number of piperidine rings is 1. The number of ether oxygens (including phenoxy) is 3. The number of pyridine rings is 2. The number of fused-ring (bicyclic) bond motifs is 2. The number of aldehydes is 1. The van der Waals surface area contributed by atoms with Gasteiger partial charge in [0, 0.05) is 81.4 Å². The first-order chi connectivity index (χ1) is 25.2. The van der Waals surface area contributed by atoms with Crippen LogP contribution in [0.5, 0.6) is 11.5 Å². The fourth-order valence-corrected chi connectivity index (χ4v) is 6.13. The van der Waals surface area contributed by atoms with E-state index in [4.69, 9.17) is 14.2 Å². The lowest BCUT2D eigenvalue weighted by Gasteiger charge is -2.33. The van der Waals surface area contributed by atoms with Crippen LogP contribution >= 0.6 is 0 Å². The Bertz CT molecular complexity index is 2090. The Morgan fingerprint density at radius 3 is 1.72 bits per heavy atom. The van der Waals surface area contributed by atoms with Gasteiger partial charge in [-0.1, -0.05) is 0 Å². The highest BCUT2D eigenvalue weighted by molar-refractivity contribution is 6.07. The van der Waals surface area contributed by atoms with Crippen LogP contribution in [-0.2, 0) is 22.6 Å². The van der Waals surface area contributed by atoms with Crippen molar-refractivity contribution in [2.24, 2.45) is 0 Å². The van der Waals surface area contributed by atoms with Crippen molar-refractivity contribution in [1.82, 2.24) is 30.0 Å². The number of methoxy groups -OCH3 is 2. The molecule has 53 heavy (non-hydrogen) atoms. The summed E-state index contributed by atoms with van der Waals surface area (Å²) >= 11 is 0. The summed E-state index contributed by atoms with van der Waals surface area (Å²) in [4.78, 5) is 74.1. The predicted octanol–water partition coefficient (Wildman–Crippen LogP) is 2.93. The number of benzene rings is 2. The number of nitrogens with zero attached hydrogens (tertiary/aromatic N) is 3. The number of likely N-dealkylation sites (tertiary alicyclic amines) is 1. The monoisotopic (exact) mass is 732 g/mol. The van der Waals surface area contributed by atoms with E-state index in [0.29, 0.717) is 58.2 Å². The van der Waals surface area contributed by atoms with Crippen LogP contribution in [0, 0.1) is 0 Å². The SMILES string of the molecule is CNC(=O)c1cc(=O)n(CC=O)c2cc(OC)ccc12.CNC(=O)c1cc(=O)n(CCN2CCC(NC(=O)OC(C)(C)C)CC2)c2cc(OC)ccc12. The minimum absolute atomic E-state index is 0.0729. The van der Waals surface area contributed by atoms with E-state index in [0.717, 1.165) is 25.9 Å². The van der Waals surface area contributed by atoms with Crippen molar-refractivity contribution in [3.8, 4) is 11.5 Å². The highest BCUT2D eigenvalue weighted by atomic mass is 16.6. The predicted molar refractivity (Wildman–Crippen MR) is 201 cm³/mol. The van der Waals surface area contributed by atoms with Crippen molar-refractivity contribution in [3.63, 3.8) is 0 Å². The second-order valence-corrected chi connectivity index (χ2v) is 13.4. The average molecular weight is 733 g/mol. The molecular formula is C38H48N6O9. The second-order valence-electron chi connectivity index (χ2n) is 13.4. The van der Waals surface area contributed by atoms with E-state index in [2.05, 4.69) is 20.9 Å². The van der Waals surface area contributed by atoms with Gasteiger partial charge in [-0.15, -0.1) is 0 Å². The number of alkyl carbamates (subject to hydrolysis) is 1. The minimum atomic E-state index is -0.517. The third-order valence-corrected chi connectivity index (χ3v) is 8.79. The number of amides is 3. The zero-order valence-electron chi connectivity index (χ0n) is 31.2. The first kappa shape index (κ1) is 40.1. The van der Waals surface area contributed by atoms with E-state index in [1.807, 2.05) is 26.8 Å². The Morgan fingerprint density at radius 1 is 0.774 bits per heavy atom. The van der Waals surface area contributed by atoms with Gasteiger partial charge in [0.2, 0.25) is 0 Å². The number of carbonyl (C=O) groups excluding carboxylic acids is 4. The van der Waals surface area contributed by atoms with Gasteiger partial charge in [0.1, 0.15) is 23.4 Å². The lowest BCUT2D eigenvalue weighted by Crippen LogP contribution is -2.46. The van der Waals surface area contributed by atoms with E-state index in [1.165, 1.54) is 30.9 Å². The molecule has 2 aromatic carbocycles. The summed E-state index contributed by atoms with van der Waals surface area (Å²) < 4.78 is 18.8. The minimum Gasteiger partial charge on any atom is -0.497 e. The van der Waals surface area contributed by atoms with E-state index < -0.39 is 11.2 Å². The summed E-state index contributed by atoms with van der Waals surface area (Å²) in [5.41, 5.74) is 0.635. The molecule has 1 fully saturated rings. The molecule has 284 valence electrons. The number of carbonyl (C=O) groups is 4. The van der Waals surface area contributed by atoms with Gasteiger partial charge in [-0.3, -0.25) is 19.2 Å². The Labute approximate surface area is 307 Å². The number of nitrogens with one attached hydrogen (secondary N) is 3. The maximum atomic E-state index is 12.9. The zero-order valence-corrected chi connectivity index (χ0v) is 31.2. The summed E-state index contributed by atoms with van der Waals surface area (Å²) in [6, 6.07) is 13.1. The van der Waals surface area contributed by atoms with E-state index in [1.54, 1.807) is 49.1 Å². The van der Waals surface area contributed by atoms with Crippen LogP contribution in [0.4, 0.5) is 4.79 Å². The molecule has 1 saturated heterocycles. The zero-order chi connectivity index (χ0) is 38.9. The Morgan fingerprint density at radius 2 is 1.26 bits per heavy atom. The first-order valence-corrected chi connectivity index (χ1v) is 17.3. The molecule has 1 aliphatic rings. The maximum absolute atomic E-state index is 12.9.